The highest BCUT2D eigenvalue weighted by Crippen LogP contribution is 2.27. The summed E-state index contributed by atoms with van der Waals surface area (Å²) in [4.78, 5) is 26.6. The monoisotopic (exact) mass is 350 g/mol. The van der Waals surface area contributed by atoms with Crippen LogP contribution in [0.25, 0.3) is 0 Å². The summed E-state index contributed by atoms with van der Waals surface area (Å²) in [6.45, 7) is 6.80. The molecule has 2 aromatic carbocycles. The van der Waals surface area contributed by atoms with Gasteiger partial charge in [0.2, 0.25) is 11.8 Å². The van der Waals surface area contributed by atoms with Crippen LogP contribution < -0.4 is 10.2 Å². The maximum Gasteiger partial charge on any atom is 0.229 e. The highest BCUT2D eigenvalue weighted by Gasteiger charge is 2.35. The molecule has 136 valence electrons. The molecule has 0 aromatic heterocycles. The Morgan fingerprint density at radius 1 is 1.15 bits per heavy atom. The van der Waals surface area contributed by atoms with Crippen molar-refractivity contribution in [3.63, 3.8) is 0 Å². The van der Waals surface area contributed by atoms with Gasteiger partial charge in [-0.05, 0) is 49.1 Å². The van der Waals surface area contributed by atoms with Crippen molar-refractivity contribution < 1.29 is 9.59 Å². The Hall–Kier alpha value is -2.62. The first kappa shape index (κ1) is 18.2. The van der Waals surface area contributed by atoms with Crippen LogP contribution in [-0.2, 0) is 9.59 Å². The molecule has 4 nitrogen and oxygen atoms in total. The van der Waals surface area contributed by atoms with Crippen LogP contribution in [0.1, 0.15) is 43.7 Å². The minimum absolute atomic E-state index is 0.00104. The van der Waals surface area contributed by atoms with Crippen LogP contribution in [0.4, 0.5) is 11.4 Å². The van der Waals surface area contributed by atoms with Crippen LogP contribution >= 0.6 is 0 Å². The van der Waals surface area contributed by atoms with E-state index in [0.29, 0.717) is 12.5 Å². The molecule has 2 aromatic rings. The van der Waals surface area contributed by atoms with E-state index in [1.165, 1.54) is 5.56 Å². The van der Waals surface area contributed by atoms with Crippen molar-refractivity contribution in [3.05, 3.63) is 59.7 Å². The van der Waals surface area contributed by atoms with Gasteiger partial charge in [-0.15, -0.1) is 0 Å². The fourth-order valence-electron chi connectivity index (χ4n) is 3.23. The van der Waals surface area contributed by atoms with Crippen LogP contribution in [0.15, 0.2) is 48.5 Å². The van der Waals surface area contributed by atoms with Crippen molar-refractivity contribution in [2.45, 2.75) is 39.5 Å². The number of nitrogens with zero attached hydrogens (tertiary/aromatic N) is 1. The number of aryl methyl sites for hydroxylation is 1. The zero-order chi connectivity index (χ0) is 18.7. The fraction of sp³-hybridized carbons (Fsp3) is 0.364. The smallest absolute Gasteiger partial charge is 0.229 e. The van der Waals surface area contributed by atoms with Gasteiger partial charge in [-0.1, -0.05) is 43.7 Å². The summed E-state index contributed by atoms with van der Waals surface area (Å²) in [6, 6.07) is 15.8. The molecule has 2 atom stereocenters. The molecule has 1 aliphatic heterocycles. The van der Waals surface area contributed by atoms with E-state index in [-0.39, 0.29) is 24.2 Å². The first-order valence-corrected chi connectivity index (χ1v) is 9.25. The van der Waals surface area contributed by atoms with E-state index in [0.717, 1.165) is 23.4 Å². The van der Waals surface area contributed by atoms with Crippen LogP contribution in [0.2, 0.25) is 0 Å². The fourth-order valence-corrected chi connectivity index (χ4v) is 3.23. The van der Waals surface area contributed by atoms with Gasteiger partial charge in [0.25, 0.3) is 0 Å². The Morgan fingerprint density at radius 3 is 2.42 bits per heavy atom. The molecule has 1 N–H and O–H groups in total. The number of carbonyl (C=O) groups excluding carboxylic acids is 2. The van der Waals surface area contributed by atoms with Crippen LogP contribution in [0.5, 0.6) is 0 Å². The number of rotatable bonds is 5. The predicted octanol–water partition coefficient (Wildman–Crippen LogP) is 4.50. The quantitative estimate of drug-likeness (QED) is 0.863. The largest absolute Gasteiger partial charge is 0.326 e. The lowest BCUT2D eigenvalue weighted by atomic mass is 9.98. The van der Waals surface area contributed by atoms with Crippen LogP contribution in [0.3, 0.4) is 0 Å². The SMILES string of the molecule is CC[C@H](C)c1ccc(NC(=O)[C@H]2CC(=O)N(c3ccc(C)cc3)C2)cc1. The number of hydrogen-bond acceptors (Lipinski definition) is 2. The molecular formula is C22H26N2O2. The Kier molecular flexibility index (Phi) is 5.40. The number of carbonyl (C=O) groups is 2. The van der Waals surface area contributed by atoms with Crippen molar-refractivity contribution in [2.75, 3.05) is 16.8 Å². The second kappa shape index (κ2) is 7.73. The molecule has 0 saturated carbocycles. The third kappa shape index (κ3) is 3.96. The van der Waals surface area contributed by atoms with E-state index in [9.17, 15) is 9.59 Å². The first-order chi connectivity index (χ1) is 12.5. The molecule has 1 fully saturated rings. The average Bonchev–Trinajstić information content (AvgIpc) is 3.04. The molecule has 1 aliphatic rings. The minimum Gasteiger partial charge on any atom is -0.326 e. The highest BCUT2D eigenvalue weighted by atomic mass is 16.2. The van der Waals surface area contributed by atoms with Crippen molar-refractivity contribution >= 4 is 23.2 Å². The van der Waals surface area contributed by atoms with E-state index >= 15 is 0 Å². The molecule has 0 radical (unpaired) electrons. The summed E-state index contributed by atoms with van der Waals surface area (Å²) in [7, 11) is 0. The van der Waals surface area contributed by atoms with Crippen molar-refractivity contribution in [3.8, 4) is 0 Å². The number of amides is 2. The van der Waals surface area contributed by atoms with Crippen molar-refractivity contribution in [1.82, 2.24) is 0 Å². The van der Waals surface area contributed by atoms with E-state index in [1.54, 1.807) is 4.90 Å². The molecule has 3 rings (SSSR count). The van der Waals surface area contributed by atoms with Gasteiger partial charge in [0.05, 0.1) is 5.92 Å². The molecule has 0 spiro atoms. The Labute approximate surface area is 155 Å². The van der Waals surface area contributed by atoms with Gasteiger partial charge in [0.1, 0.15) is 0 Å². The lowest BCUT2D eigenvalue weighted by Crippen LogP contribution is -2.28. The van der Waals surface area contributed by atoms with E-state index in [1.807, 2.05) is 43.3 Å². The summed E-state index contributed by atoms with van der Waals surface area (Å²) in [6.07, 6.45) is 1.34. The van der Waals surface area contributed by atoms with Gasteiger partial charge in [-0.3, -0.25) is 9.59 Å². The molecule has 0 aliphatic carbocycles. The van der Waals surface area contributed by atoms with E-state index < -0.39 is 0 Å². The molecule has 0 unspecified atom stereocenters. The minimum atomic E-state index is -0.321. The molecule has 2 amide bonds. The van der Waals surface area contributed by atoms with Gasteiger partial charge in [-0.25, -0.2) is 0 Å². The van der Waals surface area contributed by atoms with Gasteiger partial charge < -0.3 is 10.2 Å². The Morgan fingerprint density at radius 2 is 1.81 bits per heavy atom. The topological polar surface area (TPSA) is 49.4 Å². The number of nitrogens with one attached hydrogen (secondary N) is 1. The summed E-state index contributed by atoms with van der Waals surface area (Å²) in [5.41, 5.74) is 4.06. The van der Waals surface area contributed by atoms with Gasteiger partial charge in [0, 0.05) is 24.3 Å². The summed E-state index contributed by atoms with van der Waals surface area (Å²) < 4.78 is 0. The van der Waals surface area contributed by atoms with Gasteiger partial charge in [-0.2, -0.15) is 0 Å². The number of hydrogen-bond donors (Lipinski definition) is 1. The lowest BCUT2D eigenvalue weighted by molar-refractivity contribution is -0.122. The van der Waals surface area contributed by atoms with Crippen LogP contribution in [0, 0.1) is 12.8 Å². The molecule has 1 saturated heterocycles. The summed E-state index contributed by atoms with van der Waals surface area (Å²) >= 11 is 0. The zero-order valence-electron chi connectivity index (χ0n) is 15.7. The average molecular weight is 350 g/mol. The zero-order valence-corrected chi connectivity index (χ0v) is 15.7. The Balaban J connectivity index is 1.63. The Bertz CT molecular complexity index is 781. The second-order valence-corrected chi connectivity index (χ2v) is 7.16. The summed E-state index contributed by atoms with van der Waals surface area (Å²) in [5, 5.41) is 2.95. The highest BCUT2D eigenvalue weighted by molar-refractivity contribution is 6.03. The van der Waals surface area contributed by atoms with Crippen molar-refractivity contribution in [1.29, 1.82) is 0 Å². The molecule has 0 bridgehead atoms. The molecule has 26 heavy (non-hydrogen) atoms. The number of anilines is 2. The molecule has 4 heteroatoms. The van der Waals surface area contributed by atoms with Gasteiger partial charge >= 0.3 is 0 Å². The predicted molar refractivity (Wildman–Crippen MR) is 105 cm³/mol. The van der Waals surface area contributed by atoms with E-state index in [4.69, 9.17) is 0 Å². The number of benzene rings is 2. The molecular weight excluding hydrogens is 324 g/mol. The molecule has 1 heterocycles. The maximum atomic E-state index is 12.6. The van der Waals surface area contributed by atoms with Gasteiger partial charge in [0.15, 0.2) is 0 Å². The third-order valence-electron chi connectivity index (χ3n) is 5.20. The van der Waals surface area contributed by atoms with E-state index in [2.05, 4.69) is 31.3 Å². The second-order valence-electron chi connectivity index (χ2n) is 7.16. The van der Waals surface area contributed by atoms with Crippen LogP contribution in [-0.4, -0.2) is 18.4 Å². The third-order valence-corrected chi connectivity index (χ3v) is 5.20. The standard InChI is InChI=1S/C22H26N2O2/c1-4-16(3)17-7-9-19(10-8-17)23-22(26)18-13-21(25)24(14-18)20-11-5-15(2)6-12-20/h5-12,16,18H,4,13-14H2,1-3H3,(H,23,26)/t16-,18-/m0/s1. The summed E-state index contributed by atoms with van der Waals surface area (Å²) in [5.74, 6) is 0.0960. The normalized spacial score (nSPS) is 18.0. The lowest BCUT2D eigenvalue weighted by Gasteiger charge is -2.17. The van der Waals surface area contributed by atoms with Crippen molar-refractivity contribution in [2.24, 2.45) is 5.92 Å². The maximum absolute atomic E-state index is 12.6. The first-order valence-electron chi connectivity index (χ1n) is 9.25.